The van der Waals surface area contributed by atoms with Gasteiger partial charge in [0.2, 0.25) is 0 Å². The molecular weight excluding hydrogens is 172 g/mol. The Morgan fingerprint density at radius 3 is 3.00 bits per heavy atom. The van der Waals surface area contributed by atoms with Crippen LogP contribution in [0.2, 0.25) is 0 Å². The normalized spacial score (nSPS) is 12.5. The molecule has 0 aromatic carbocycles. The second-order valence-corrected chi connectivity index (χ2v) is 2.64. The number of carbonyl (C=O) groups is 1. The van der Waals surface area contributed by atoms with Crippen LogP contribution >= 0.6 is 0 Å². The monoisotopic (exact) mass is 184 g/mol. The van der Waals surface area contributed by atoms with E-state index >= 15 is 0 Å². The van der Waals surface area contributed by atoms with Crippen molar-refractivity contribution in [2.75, 3.05) is 6.61 Å². The highest BCUT2D eigenvalue weighted by molar-refractivity contribution is 5.74. The van der Waals surface area contributed by atoms with Crippen LogP contribution in [0.5, 0.6) is 5.95 Å². The van der Waals surface area contributed by atoms with Crippen LogP contribution in [0, 0.1) is 5.92 Å². The van der Waals surface area contributed by atoms with Crippen molar-refractivity contribution in [3.63, 3.8) is 0 Å². The number of furan rings is 1. The zero-order valence-corrected chi connectivity index (χ0v) is 7.40. The van der Waals surface area contributed by atoms with Crippen LogP contribution in [0.25, 0.3) is 0 Å². The molecule has 0 saturated carbocycles. The van der Waals surface area contributed by atoms with Gasteiger partial charge in [0.15, 0.2) is 0 Å². The van der Waals surface area contributed by atoms with Gasteiger partial charge in [-0.15, -0.1) is 0 Å². The lowest BCUT2D eigenvalue weighted by Crippen LogP contribution is -2.22. The van der Waals surface area contributed by atoms with Crippen LogP contribution in [0.1, 0.15) is 13.3 Å². The molecule has 1 aromatic rings. The molecule has 1 aromatic heterocycles. The third-order valence-electron chi connectivity index (χ3n) is 1.74. The Bertz CT molecular complexity index is 249. The van der Waals surface area contributed by atoms with Crippen molar-refractivity contribution < 1.29 is 19.1 Å². The fraction of sp³-hybridized carbons (Fsp3) is 0.444. The molecule has 1 rings (SSSR count). The SMILES string of the molecule is CCC(CO)C(=O)Oc1ccco1. The molecule has 4 heteroatoms. The Labute approximate surface area is 76.1 Å². The molecule has 1 N–H and O–H groups in total. The molecule has 0 fully saturated rings. The summed E-state index contributed by atoms with van der Waals surface area (Å²) in [5.41, 5.74) is 0. The summed E-state index contributed by atoms with van der Waals surface area (Å²) in [7, 11) is 0. The lowest BCUT2D eigenvalue weighted by atomic mass is 10.1. The molecule has 0 aliphatic carbocycles. The predicted octanol–water partition coefficient (Wildman–Crippen LogP) is 1.20. The van der Waals surface area contributed by atoms with Gasteiger partial charge in [0.25, 0.3) is 5.95 Å². The largest absolute Gasteiger partial charge is 0.434 e. The van der Waals surface area contributed by atoms with E-state index in [4.69, 9.17) is 14.3 Å². The number of aliphatic hydroxyl groups is 1. The Kier molecular flexibility index (Phi) is 3.52. The van der Waals surface area contributed by atoms with Crippen LogP contribution in [0.15, 0.2) is 22.8 Å². The highest BCUT2D eigenvalue weighted by atomic mass is 16.6. The van der Waals surface area contributed by atoms with Crippen molar-refractivity contribution in [3.05, 3.63) is 18.4 Å². The van der Waals surface area contributed by atoms with Gasteiger partial charge in [-0.2, -0.15) is 0 Å². The first-order valence-electron chi connectivity index (χ1n) is 4.14. The van der Waals surface area contributed by atoms with Gasteiger partial charge in [-0.25, -0.2) is 0 Å². The summed E-state index contributed by atoms with van der Waals surface area (Å²) in [6.45, 7) is 1.61. The zero-order valence-electron chi connectivity index (χ0n) is 7.40. The Morgan fingerprint density at radius 2 is 2.54 bits per heavy atom. The standard InChI is InChI=1S/C9H12O4/c1-2-7(6-10)9(11)13-8-4-3-5-12-8/h3-5,7,10H,2,6H2,1H3. The van der Waals surface area contributed by atoms with Gasteiger partial charge in [0.1, 0.15) is 0 Å². The molecule has 1 atom stereocenters. The van der Waals surface area contributed by atoms with E-state index in [1.165, 1.54) is 6.26 Å². The predicted molar refractivity (Wildman–Crippen MR) is 45.2 cm³/mol. The molecule has 1 unspecified atom stereocenters. The summed E-state index contributed by atoms with van der Waals surface area (Å²) in [5, 5.41) is 8.79. The van der Waals surface area contributed by atoms with Crippen molar-refractivity contribution >= 4 is 5.97 Å². The Hall–Kier alpha value is -1.29. The summed E-state index contributed by atoms with van der Waals surface area (Å²) in [4.78, 5) is 11.2. The molecule has 0 radical (unpaired) electrons. The molecule has 0 saturated heterocycles. The highest BCUT2D eigenvalue weighted by Crippen LogP contribution is 2.13. The third kappa shape index (κ3) is 2.59. The van der Waals surface area contributed by atoms with E-state index in [-0.39, 0.29) is 12.6 Å². The van der Waals surface area contributed by atoms with Gasteiger partial charge >= 0.3 is 5.97 Å². The molecule has 0 aliphatic rings. The smallest absolute Gasteiger partial charge is 0.319 e. The maximum absolute atomic E-state index is 11.2. The van der Waals surface area contributed by atoms with Crippen LogP contribution in [-0.2, 0) is 4.79 Å². The first kappa shape index (κ1) is 9.80. The lowest BCUT2D eigenvalue weighted by molar-refractivity contribution is -0.141. The minimum absolute atomic E-state index is 0.164. The van der Waals surface area contributed by atoms with E-state index < -0.39 is 11.9 Å². The Morgan fingerprint density at radius 1 is 1.77 bits per heavy atom. The highest BCUT2D eigenvalue weighted by Gasteiger charge is 2.18. The number of aliphatic hydroxyl groups excluding tert-OH is 1. The molecule has 72 valence electrons. The first-order chi connectivity index (χ1) is 6.27. The van der Waals surface area contributed by atoms with Gasteiger partial charge in [0.05, 0.1) is 18.8 Å². The first-order valence-corrected chi connectivity index (χ1v) is 4.14. The van der Waals surface area contributed by atoms with E-state index in [1.807, 2.05) is 6.92 Å². The number of rotatable bonds is 4. The molecule has 4 nitrogen and oxygen atoms in total. The van der Waals surface area contributed by atoms with E-state index in [0.717, 1.165) is 0 Å². The third-order valence-corrected chi connectivity index (χ3v) is 1.74. The van der Waals surface area contributed by atoms with E-state index in [2.05, 4.69) is 0 Å². The van der Waals surface area contributed by atoms with Crippen LogP contribution in [0.4, 0.5) is 0 Å². The number of carbonyl (C=O) groups excluding carboxylic acids is 1. The summed E-state index contributed by atoms with van der Waals surface area (Å²) in [6, 6.07) is 3.17. The minimum Gasteiger partial charge on any atom is -0.434 e. The maximum Gasteiger partial charge on any atom is 0.319 e. The van der Waals surface area contributed by atoms with Crippen LogP contribution in [0.3, 0.4) is 0 Å². The number of hydrogen-bond donors (Lipinski definition) is 1. The minimum atomic E-state index is -0.468. The second kappa shape index (κ2) is 4.67. The van der Waals surface area contributed by atoms with Crippen molar-refractivity contribution in [1.29, 1.82) is 0 Å². The van der Waals surface area contributed by atoms with Gasteiger partial charge in [0, 0.05) is 6.07 Å². The van der Waals surface area contributed by atoms with E-state index in [9.17, 15) is 4.79 Å². The molecule has 0 spiro atoms. The summed E-state index contributed by atoms with van der Waals surface area (Å²) in [5.74, 6) is -0.762. The zero-order chi connectivity index (χ0) is 9.68. The number of esters is 1. The van der Waals surface area contributed by atoms with E-state index in [1.54, 1.807) is 12.1 Å². The number of hydrogen-bond acceptors (Lipinski definition) is 4. The molecule has 0 bridgehead atoms. The summed E-state index contributed by atoms with van der Waals surface area (Å²) < 4.78 is 9.65. The van der Waals surface area contributed by atoms with Crippen LogP contribution < -0.4 is 4.74 Å². The molecule has 0 aliphatic heterocycles. The van der Waals surface area contributed by atoms with Crippen molar-refractivity contribution in [2.45, 2.75) is 13.3 Å². The Balaban J connectivity index is 2.49. The second-order valence-electron chi connectivity index (χ2n) is 2.64. The average Bonchev–Trinajstić information content (AvgIpc) is 2.59. The topological polar surface area (TPSA) is 59.7 Å². The maximum atomic E-state index is 11.2. The molecule has 1 heterocycles. The van der Waals surface area contributed by atoms with Gasteiger partial charge < -0.3 is 14.3 Å². The lowest BCUT2D eigenvalue weighted by Gasteiger charge is -2.08. The molecular formula is C9H12O4. The quantitative estimate of drug-likeness (QED) is 0.714. The van der Waals surface area contributed by atoms with Gasteiger partial charge in [-0.1, -0.05) is 6.92 Å². The summed E-state index contributed by atoms with van der Waals surface area (Å²) in [6.07, 6.45) is 1.97. The van der Waals surface area contributed by atoms with Gasteiger partial charge in [-0.3, -0.25) is 4.79 Å². The molecule has 13 heavy (non-hydrogen) atoms. The van der Waals surface area contributed by atoms with Crippen molar-refractivity contribution in [3.8, 4) is 5.95 Å². The fourth-order valence-electron chi connectivity index (χ4n) is 0.874. The van der Waals surface area contributed by atoms with Gasteiger partial charge in [-0.05, 0) is 12.5 Å². The average molecular weight is 184 g/mol. The van der Waals surface area contributed by atoms with Crippen LogP contribution in [-0.4, -0.2) is 17.7 Å². The van der Waals surface area contributed by atoms with Crippen molar-refractivity contribution in [1.82, 2.24) is 0 Å². The summed E-state index contributed by atoms with van der Waals surface area (Å²) >= 11 is 0. The number of ether oxygens (including phenoxy) is 1. The van der Waals surface area contributed by atoms with Crippen molar-refractivity contribution in [2.24, 2.45) is 5.92 Å². The molecule has 0 amide bonds. The van der Waals surface area contributed by atoms with E-state index in [0.29, 0.717) is 6.42 Å². The fourth-order valence-corrected chi connectivity index (χ4v) is 0.874.